The second kappa shape index (κ2) is 5.19. The third-order valence-corrected chi connectivity index (χ3v) is 2.63. The Morgan fingerprint density at radius 1 is 1.28 bits per heavy atom. The van der Waals surface area contributed by atoms with Gasteiger partial charge in [0.05, 0.1) is 17.9 Å². The van der Waals surface area contributed by atoms with Gasteiger partial charge in [0.1, 0.15) is 11.6 Å². The van der Waals surface area contributed by atoms with Crippen molar-refractivity contribution >= 4 is 5.82 Å². The van der Waals surface area contributed by atoms with Crippen LogP contribution in [0.1, 0.15) is 22.5 Å². The van der Waals surface area contributed by atoms with Crippen molar-refractivity contribution in [2.45, 2.75) is 20.4 Å². The Hall–Kier alpha value is -2.55. The average Bonchev–Trinajstić information content (AvgIpc) is 2.41. The molecular weight excluding hydrogens is 228 g/mol. The number of hydrogen-bond donors (Lipinski definition) is 1. The van der Waals surface area contributed by atoms with Crippen molar-refractivity contribution in [1.82, 2.24) is 20.4 Å². The van der Waals surface area contributed by atoms with Crippen LogP contribution in [0.15, 0.2) is 18.3 Å². The molecule has 90 valence electrons. The Morgan fingerprint density at radius 2 is 2.11 bits per heavy atom. The van der Waals surface area contributed by atoms with Gasteiger partial charge >= 0.3 is 0 Å². The molecule has 0 bridgehead atoms. The number of rotatable bonds is 3. The molecule has 1 N–H and O–H groups in total. The molecule has 18 heavy (non-hydrogen) atoms. The van der Waals surface area contributed by atoms with Gasteiger partial charge in [-0.1, -0.05) is 0 Å². The van der Waals surface area contributed by atoms with Crippen molar-refractivity contribution in [1.29, 1.82) is 5.26 Å². The van der Waals surface area contributed by atoms with E-state index in [1.807, 2.05) is 19.9 Å². The van der Waals surface area contributed by atoms with E-state index in [4.69, 9.17) is 5.26 Å². The van der Waals surface area contributed by atoms with Crippen LogP contribution in [0.4, 0.5) is 5.82 Å². The fraction of sp³-hybridized carbons (Fsp3) is 0.250. The van der Waals surface area contributed by atoms with Gasteiger partial charge in [-0.05, 0) is 31.5 Å². The van der Waals surface area contributed by atoms with E-state index in [2.05, 4.69) is 31.8 Å². The molecule has 0 unspecified atom stereocenters. The molecule has 0 radical (unpaired) electrons. The lowest BCUT2D eigenvalue weighted by Gasteiger charge is -2.08. The summed E-state index contributed by atoms with van der Waals surface area (Å²) in [5, 5.41) is 27.9. The molecule has 0 amide bonds. The van der Waals surface area contributed by atoms with Crippen molar-refractivity contribution in [3.05, 3.63) is 40.8 Å². The number of aryl methyl sites for hydroxylation is 1. The van der Waals surface area contributed by atoms with Gasteiger partial charge in [0.15, 0.2) is 5.82 Å². The normalized spacial score (nSPS) is 9.83. The number of nitriles is 1. The van der Waals surface area contributed by atoms with Crippen LogP contribution >= 0.6 is 0 Å². The van der Waals surface area contributed by atoms with Crippen LogP contribution < -0.4 is 5.32 Å². The third kappa shape index (κ3) is 2.40. The molecule has 0 aliphatic rings. The summed E-state index contributed by atoms with van der Waals surface area (Å²) in [4.78, 5) is 0. The minimum atomic E-state index is 0.458. The summed E-state index contributed by atoms with van der Waals surface area (Å²) in [6.45, 7) is 4.14. The number of nitrogens with one attached hydrogen (secondary N) is 1. The van der Waals surface area contributed by atoms with Crippen LogP contribution in [0.3, 0.4) is 0 Å². The minimum absolute atomic E-state index is 0.458. The van der Waals surface area contributed by atoms with E-state index in [1.54, 1.807) is 12.3 Å². The Kier molecular flexibility index (Phi) is 3.44. The molecule has 2 rings (SSSR count). The first-order chi connectivity index (χ1) is 8.72. The van der Waals surface area contributed by atoms with Crippen LogP contribution in [0, 0.1) is 25.2 Å². The zero-order valence-corrected chi connectivity index (χ0v) is 10.2. The van der Waals surface area contributed by atoms with E-state index in [-0.39, 0.29) is 0 Å². The van der Waals surface area contributed by atoms with E-state index in [1.165, 1.54) is 0 Å². The van der Waals surface area contributed by atoms with Crippen LogP contribution in [0.2, 0.25) is 0 Å². The quantitative estimate of drug-likeness (QED) is 0.871. The molecule has 0 saturated heterocycles. The molecule has 0 spiro atoms. The SMILES string of the molecule is Cc1nnc(NCc2cccnn2)c(C#N)c1C. The first-order valence-corrected chi connectivity index (χ1v) is 5.47. The van der Waals surface area contributed by atoms with Crippen LogP contribution in [-0.4, -0.2) is 20.4 Å². The molecule has 2 aromatic rings. The lowest BCUT2D eigenvalue weighted by molar-refractivity contribution is 0.899. The molecule has 0 atom stereocenters. The maximum Gasteiger partial charge on any atom is 0.167 e. The summed E-state index contributed by atoms with van der Waals surface area (Å²) in [6, 6.07) is 5.79. The number of anilines is 1. The topological polar surface area (TPSA) is 87.4 Å². The Labute approximate surface area is 105 Å². The fourth-order valence-electron chi connectivity index (χ4n) is 1.47. The lowest BCUT2D eigenvalue weighted by atomic mass is 10.1. The fourth-order valence-corrected chi connectivity index (χ4v) is 1.47. The number of hydrogen-bond acceptors (Lipinski definition) is 6. The summed E-state index contributed by atoms with van der Waals surface area (Å²) < 4.78 is 0. The molecule has 0 fully saturated rings. The van der Waals surface area contributed by atoms with Crippen LogP contribution in [0.25, 0.3) is 0 Å². The molecule has 2 heterocycles. The van der Waals surface area contributed by atoms with Gasteiger partial charge in [0.2, 0.25) is 0 Å². The predicted molar refractivity (Wildman–Crippen MR) is 65.6 cm³/mol. The lowest BCUT2D eigenvalue weighted by Crippen LogP contribution is -2.08. The highest BCUT2D eigenvalue weighted by molar-refractivity contribution is 5.55. The van der Waals surface area contributed by atoms with Crippen molar-refractivity contribution in [3.8, 4) is 6.07 Å². The third-order valence-electron chi connectivity index (χ3n) is 2.63. The summed E-state index contributed by atoms with van der Waals surface area (Å²) in [5.41, 5.74) is 2.90. The van der Waals surface area contributed by atoms with Gasteiger partial charge in [-0.2, -0.15) is 20.6 Å². The highest BCUT2D eigenvalue weighted by atomic mass is 15.2. The molecule has 0 aromatic carbocycles. The van der Waals surface area contributed by atoms with Gasteiger partial charge in [0, 0.05) is 6.20 Å². The molecule has 0 saturated carbocycles. The van der Waals surface area contributed by atoms with Crippen molar-refractivity contribution in [2.24, 2.45) is 0 Å². The largest absolute Gasteiger partial charge is 0.362 e. The van der Waals surface area contributed by atoms with E-state index in [0.717, 1.165) is 17.0 Å². The zero-order valence-electron chi connectivity index (χ0n) is 10.2. The van der Waals surface area contributed by atoms with E-state index >= 15 is 0 Å². The molecule has 0 aliphatic heterocycles. The summed E-state index contributed by atoms with van der Waals surface area (Å²) in [6.07, 6.45) is 1.61. The van der Waals surface area contributed by atoms with E-state index < -0.39 is 0 Å². The second-order valence-electron chi connectivity index (χ2n) is 3.81. The van der Waals surface area contributed by atoms with Gasteiger partial charge < -0.3 is 5.32 Å². The Balaban J connectivity index is 2.21. The smallest absolute Gasteiger partial charge is 0.167 e. The van der Waals surface area contributed by atoms with E-state index in [9.17, 15) is 0 Å². The van der Waals surface area contributed by atoms with Crippen molar-refractivity contribution in [3.63, 3.8) is 0 Å². The van der Waals surface area contributed by atoms with E-state index in [0.29, 0.717) is 17.9 Å². The highest BCUT2D eigenvalue weighted by Crippen LogP contribution is 2.17. The van der Waals surface area contributed by atoms with Crippen molar-refractivity contribution < 1.29 is 0 Å². The first kappa shape index (κ1) is 11.9. The minimum Gasteiger partial charge on any atom is -0.362 e. The average molecular weight is 240 g/mol. The highest BCUT2D eigenvalue weighted by Gasteiger charge is 2.10. The second-order valence-corrected chi connectivity index (χ2v) is 3.81. The van der Waals surface area contributed by atoms with Crippen LogP contribution in [-0.2, 0) is 6.54 Å². The maximum atomic E-state index is 9.14. The zero-order chi connectivity index (χ0) is 13.0. The van der Waals surface area contributed by atoms with Gasteiger partial charge in [-0.15, -0.1) is 5.10 Å². The predicted octanol–water partition coefficient (Wildman–Crippen LogP) is 1.37. The van der Waals surface area contributed by atoms with Crippen LogP contribution in [0.5, 0.6) is 0 Å². The maximum absolute atomic E-state index is 9.14. The van der Waals surface area contributed by atoms with Gasteiger partial charge in [0.25, 0.3) is 0 Å². The summed E-state index contributed by atoms with van der Waals surface area (Å²) in [5.74, 6) is 0.478. The van der Waals surface area contributed by atoms with Gasteiger partial charge in [-0.3, -0.25) is 0 Å². The number of aromatic nitrogens is 4. The van der Waals surface area contributed by atoms with Crippen molar-refractivity contribution in [2.75, 3.05) is 5.32 Å². The Bertz CT molecular complexity index is 588. The first-order valence-electron chi connectivity index (χ1n) is 5.47. The summed E-state index contributed by atoms with van der Waals surface area (Å²) in [7, 11) is 0. The van der Waals surface area contributed by atoms with Gasteiger partial charge in [-0.25, -0.2) is 0 Å². The molecule has 0 aliphatic carbocycles. The number of nitrogens with zero attached hydrogens (tertiary/aromatic N) is 5. The molecule has 6 heteroatoms. The monoisotopic (exact) mass is 240 g/mol. The molecular formula is C12H12N6. The molecule has 6 nitrogen and oxygen atoms in total. The Morgan fingerprint density at radius 3 is 2.78 bits per heavy atom. The standard InChI is InChI=1S/C12H12N6/c1-8-9(2)16-18-12(11(8)6-13)14-7-10-4-3-5-15-17-10/h3-5H,7H2,1-2H3,(H,14,18). The molecule has 2 aromatic heterocycles. The summed E-state index contributed by atoms with van der Waals surface area (Å²) >= 11 is 0.